The third kappa shape index (κ3) is 4.82. The fraction of sp³-hybridized carbons (Fsp3) is 0.435. The van der Waals surface area contributed by atoms with Crippen LogP contribution in [0.15, 0.2) is 47.5 Å². The van der Waals surface area contributed by atoms with Gasteiger partial charge in [-0.05, 0) is 36.6 Å². The molecule has 4 rings (SSSR count). The van der Waals surface area contributed by atoms with Gasteiger partial charge in [0.1, 0.15) is 0 Å². The summed E-state index contributed by atoms with van der Waals surface area (Å²) in [6.07, 6.45) is 2.02. The molecule has 6 heteroatoms. The first-order valence-corrected chi connectivity index (χ1v) is 10.4. The molecule has 0 saturated carbocycles. The molecule has 0 bridgehead atoms. The van der Waals surface area contributed by atoms with E-state index in [1.807, 2.05) is 18.2 Å². The van der Waals surface area contributed by atoms with E-state index in [-0.39, 0.29) is 0 Å². The fourth-order valence-corrected chi connectivity index (χ4v) is 3.82. The molecular formula is C23H30N4O2. The largest absolute Gasteiger partial charge is 0.490 e. The van der Waals surface area contributed by atoms with Crippen LogP contribution in [0.1, 0.15) is 24.5 Å². The van der Waals surface area contributed by atoms with Crippen molar-refractivity contribution in [2.45, 2.75) is 32.4 Å². The minimum Gasteiger partial charge on any atom is -0.490 e. The number of anilines is 1. The molecule has 0 radical (unpaired) electrons. The van der Waals surface area contributed by atoms with Crippen LogP contribution in [0, 0.1) is 0 Å². The highest BCUT2D eigenvalue weighted by molar-refractivity contribution is 5.93. The normalized spacial score (nSPS) is 17.8. The third-order valence-corrected chi connectivity index (χ3v) is 5.58. The monoisotopic (exact) mass is 394 g/mol. The maximum atomic E-state index is 5.78. The van der Waals surface area contributed by atoms with Gasteiger partial charge < -0.3 is 20.1 Å². The molecule has 2 N–H and O–H groups in total. The highest BCUT2D eigenvalue weighted by Gasteiger charge is 2.20. The summed E-state index contributed by atoms with van der Waals surface area (Å²) in [5.41, 5.74) is 3.86. The fourth-order valence-electron chi connectivity index (χ4n) is 3.82. The topological polar surface area (TPSA) is 58.1 Å². The van der Waals surface area contributed by atoms with E-state index in [1.54, 1.807) is 7.05 Å². The molecule has 2 aliphatic heterocycles. The number of hydrogen-bond donors (Lipinski definition) is 2. The van der Waals surface area contributed by atoms with Crippen molar-refractivity contribution < 1.29 is 9.47 Å². The Morgan fingerprint density at radius 2 is 1.90 bits per heavy atom. The maximum absolute atomic E-state index is 5.78. The second-order valence-corrected chi connectivity index (χ2v) is 7.63. The molecule has 2 aliphatic rings. The second-order valence-electron chi connectivity index (χ2n) is 7.63. The highest BCUT2D eigenvalue weighted by atomic mass is 16.5. The van der Waals surface area contributed by atoms with Crippen LogP contribution in [0.25, 0.3) is 0 Å². The molecule has 0 aliphatic carbocycles. The van der Waals surface area contributed by atoms with Gasteiger partial charge in [0.2, 0.25) is 0 Å². The number of hydrogen-bond acceptors (Lipinski definition) is 4. The molecule has 1 unspecified atom stereocenters. The first-order valence-electron chi connectivity index (χ1n) is 10.4. The van der Waals surface area contributed by atoms with Crippen molar-refractivity contribution in [2.24, 2.45) is 4.99 Å². The molecule has 2 aromatic rings. The van der Waals surface area contributed by atoms with Crippen LogP contribution in [0.4, 0.5) is 5.69 Å². The van der Waals surface area contributed by atoms with Gasteiger partial charge in [0.15, 0.2) is 17.5 Å². The van der Waals surface area contributed by atoms with E-state index in [9.17, 15) is 0 Å². The molecule has 0 spiro atoms. The van der Waals surface area contributed by atoms with Gasteiger partial charge in [-0.2, -0.15) is 0 Å². The summed E-state index contributed by atoms with van der Waals surface area (Å²) in [5, 5.41) is 6.81. The molecule has 1 atom stereocenters. The van der Waals surface area contributed by atoms with Gasteiger partial charge in [-0.15, -0.1) is 0 Å². The average molecular weight is 395 g/mol. The van der Waals surface area contributed by atoms with E-state index in [0.717, 1.165) is 55.6 Å². The van der Waals surface area contributed by atoms with Crippen molar-refractivity contribution in [3.05, 3.63) is 53.6 Å². The summed E-state index contributed by atoms with van der Waals surface area (Å²) in [7, 11) is 1.79. The maximum Gasteiger partial charge on any atom is 0.195 e. The molecule has 0 saturated heterocycles. The number of nitrogens with zero attached hydrogens (tertiary/aromatic N) is 2. The number of guanidine groups is 1. The Bertz CT molecular complexity index is 868. The summed E-state index contributed by atoms with van der Waals surface area (Å²) in [6, 6.07) is 15.1. The lowest BCUT2D eigenvalue weighted by molar-refractivity contribution is 0.191. The van der Waals surface area contributed by atoms with Crippen molar-refractivity contribution in [1.82, 2.24) is 10.2 Å². The van der Waals surface area contributed by atoms with Crippen LogP contribution in [-0.4, -0.2) is 50.3 Å². The summed E-state index contributed by atoms with van der Waals surface area (Å²) in [5.74, 6) is 2.34. The van der Waals surface area contributed by atoms with Crippen LogP contribution in [-0.2, 0) is 13.0 Å². The smallest absolute Gasteiger partial charge is 0.195 e. The Hall–Kier alpha value is -2.73. The molecular weight excluding hydrogens is 364 g/mol. The highest BCUT2D eigenvalue weighted by Crippen LogP contribution is 2.32. The van der Waals surface area contributed by atoms with Gasteiger partial charge in [0.25, 0.3) is 0 Å². The number of nitrogens with one attached hydrogen (secondary N) is 2. The van der Waals surface area contributed by atoms with Gasteiger partial charge in [0.05, 0.1) is 13.2 Å². The van der Waals surface area contributed by atoms with E-state index in [2.05, 4.69) is 51.7 Å². The third-order valence-electron chi connectivity index (χ3n) is 5.58. The van der Waals surface area contributed by atoms with Gasteiger partial charge in [-0.25, -0.2) is 0 Å². The zero-order valence-corrected chi connectivity index (χ0v) is 17.3. The minimum atomic E-state index is 0.408. The summed E-state index contributed by atoms with van der Waals surface area (Å²) >= 11 is 0. The van der Waals surface area contributed by atoms with Crippen molar-refractivity contribution in [1.29, 1.82) is 0 Å². The van der Waals surface area contributed by atoms with Crippen LogP contribution in [0.3, 0.4) is 0 Å². The van der Waals surface area contributed by atoms with Gasteiger partial charge in [-0.3, -0.25) is 9.89 Å². The van der Waals surface area contributed by atoms with E-state index >= 15 is 0 Å². The number of benzene rings is 2. The Morgan fingerprint density at radius 3 is 2.72 bits per heavy atom. The first-order chi connectivity index (χ1) is 14.2. The number of fused-ring (bicyclic) bond motifs is 2. The van der Waals surface area contributed by atoms with Crippen LogP contribution >= 0.6 is 0 Å². The molecule has 29 heavy (non-hydrogen) atoms. The zero-order valence-electron chi connectivity index (χ0n) is 17.3. The standard InChI is InChI=1S/C23H30N4O2/c1-17(27-11-10-18-6-3-4-7-19(18)16-27)15-25-23(24-2)26-20-8-9-21-22(14-20)29-13-5-12-28-21/h3-4,6-9,14,17H,5,10-13,15-16H2,1-2H3,(H2,24,25,26). The summed E-state index contributed by atoms with van der Waals surface area (Å²) < 4.78 is 11.5. The minimum absolute atomic E-state index is 0.408. The Morgan fingerprint density at radius 1 is 1.10 bits per heavy atom. The summed E-state index contributed by atoms with van der Waals surface area (Å²) in [6.45, 7) is 6.57. The predicted octanol–water partition coefficient (Wildman–Crippen LogP) is 3.28. The van der Waals surface area contributed by atoms with Gasteiger partial charge in [0, 0.05) is 50.9 Å². The first kappa shape index (κ1) is 19.6. The molecule has 0 aromatic heterocycles. The SMILES string of the molecule is CN=C(NCC(C)N1CCc2ccccc2C1)Nc1ccc2c(c1)OCCCO2. The average Bonchev–Trinajstić information content (AvgIpc) is 3.01. The van der Waals surface area contributed by atoms with Gasteiger partial charge >= 0.3 is 0 Å². The van der Waals surface area contributed by atoms with Crippen molar-refractivity contribution >= 4 is 11.6 Å². The van der Waals surface area contributed by atoms with Crippen LogP contribution < -0.4 is 20.1 Å². The predicted molar refractivity (Wildman–Crippen MR) is 117 cm³/mol. The van der Waals surface area contributed by atoms with Crippen molar-refractivity contribution in [3.8, 4) is 11.5 Å². The van der Waals surface area contributed by atoms with E-state index in [1.165, 1.54) is 11.1 Å². The molecule has 2 heterocycles. The molecule has 0 amide bonds. The van der Waals surface area contributed by atoms with Crippen molar-refractivity contribution in [2.75, 3.05) is 38.7 Å². The second kappa shape index (κ2) is 9.18. The molecule has 2 aromatic carbocycles. The lowest BCUT2D eigenvalue weighted by Crippen LogP contribution is -2.45. The zero-order chi connectivity index (χ0) is 20.1. The van der Waals surface area contributed by atoms with E-state index < -0.39 is 0 Å². The van der Waals surface area contributed by atoms with Gasteiger partial charge in [-0.1, -0.05) is 24.3 Å². The van der Waals surface area contributed by atoms with Crippen LogP contribution in [0.2, 0.25) is 0 Å². The Labute approximate surface area is 172 Å². The summed E-state index contributed by atoms with van der Waals surface area (Å²) in [4.78, 5) is 6.89. The van der Waals surface area contributed by atoms with Crippen molar-refractivity contribution in [3.63, 3.8) is 0 Å². The lowest BCUT2D eigenvalue weighted by atomic mass is 9.99. The molecule has 154 valence electrons. The van der Waals surface area contributed by atoms with E-state index in [0.29, 0.717) is 19.3 Å². The number of ether oxygens (including phenoxy) is 2. The van der Waals surface area contributed by atoms with Crippen LogP contribution in [0.5, 0.6) is 11.5 Å². The lowest BCUT2D eigenvalue weighted by Gasteiger charge is -2.34. The molecule has 0 fully saturated rings. The van der Waals surface area contributed by atoms with E-state index in [4.69, 9.17) is 9.47 Å². The molecule has 6 nitrogen and oxygen atoms in total. The quantitative estimate of drug-likeness (QED) is 0.616. The number of rotatable bonds is 4. The Kier molecular flexibility index (Phi) is 6.20. The Balaban J connectivity index is 1.32. The number of aliphatic imine (C=N–C) groups is 1.